The number of nitrogens with zero attached hydrogens (tertiary/aromatic N) is 3. The van der Waals surface area contributed by atoms with Crippen molar-refractivity contribution in [3.05, 3.63) is 117 Å². The Hall–Kier alpha value is -3.41. The standard InChI is InChI=1S/C28H26ClN3O2/c29-23-11-12-25-24(19-23)26(33)13-14-32(25)20-27(34)30-15-17-31(18-16-30)28(21-7-3-1-4-8-21)22-9-5-2-6-10-22/h1-14,19,28H,15-18,20H2. The van der Waals surface area contributed by atoms with Gasteiger partial charge in [-0.1, -0.05) is 72.3 Å². The van der Waals surface area contributed by atoms with Crippen LogP contribution in [0.5, 0.6) is 0 Å². The van der Waals surface area contributed by atoms with Gasteiger partial charge in [-0.15, -0.1) is 0 Å². The van der Waals surface area contributed by atoms with Crippen molar-refractivity contribution in [3.63, 3.8) is 0 Å². The van der Waals surface area contributed by atoms with Gasteiger partial charge in [0, 0.05) is 48.9 Å². The molecular weight excluding hydrogens is 446 g/mol. The molecule has 1 saturated heterocycles. The van der Waals surface area contributed by atoms with Crippen LogP contribution in [-0.4, -0.2) is 46.5 Å². The van der Waals surface area contributed by atoms with Crippen molar-refractivity contribution >= 4 is 28.4 Å². The summed E-state index contributed by atoms with van der Waals surface area (Å²) in [5, 5.41) is 1.04. The zero-order valence-electron chi connectivity index (χ0n) is 18.8. The van der Waals surface area contributed by atoms with Crippen LogP contribution in [0, 0.1) is 0 Å². The Balaban J connectivity index is 1.31. The molecule has 0 radical (unpaired) electrons. The molecule has 5 rings (SSSR count). The number of aromatic nitrogens is 1. The number of pyridine rings is 1. The highest BCUT2D eigenvalue weighted by atomic mass is 35.5. The van der Waals surface area contributed by atoms with Crippen LogP contribution in [0.25, 0.3) is 10.9 Å². The van der Waals surface area contributed by atoms with E-state index in [0.29, 0.717) is 23.5 Å². The van der Waals surface area contributed by atoms with Crippen LogP contribution in [0.3, 0.4) is 0 Å². The number of carbonyl (C=O) groups excluding carboxylic acids is 1. The average molecular weight is 472 g/mol. The van der Waals surface area contributed by atoms with Crippen molar-refractivity contribution in [1.29, 1.82) is 0 Å². The fourth-order valence-electron chi connectivity index (χ4n) is 4.78. The highest BCUT2D eigenvalue weighted by Gasteiger charge is 2.28. The van der Waals surface area contributed by atoms with Gasteiger partial charge in [0.2, 0.25) is 5.91 Å². The third-order valence-corrected chi connectivity index (χ3v) is 6.74. The first-order valence-electron chi connectivity index (χ1n) is 11.5. The number of carbonyl (C=O) groups is 1. The summed E-state index contributed by atoms with van der Waals surface area (Å²) in [4.78, 5) is 29.8. The summed E-state index contributed by atoms with van der Waals surface area (Å²) < 4.78 is 1.83. The van der Waals surface area contributed by atoms with E-state index in [1.807, 2.05) is 21.6 Å². The molecule has 0 spiro atoms. The van der Waals surface area contributed by atoms with Crippen LogP contribution < -0.4 is 5.43 Å². The molecule has 1 aliphatic heterocycles. The van der Waals surface area contributed by atoms with Crippen LogP contribution in [0.1, 0.15) is 17.2 Å². The summed E-state index contributed by atoms with van der Waals surface area (Å²) in [5.41, 5.74) is 3.14. The van der Waals surface area contributed by atoms with E-state index in [1.165, 1.54) is 17.2 Å². The van der Waals surface area contributed by atoms with Gasteiger partial charge in [-0.3, -0.25) is 14.5 Å². The Morgan fingerprint density at radius 1 is 0.824 bits per heavy atom. The molecule has 1 aromatic heterocycles. The number of rotatable bonds is 5. The van der Waals surface area contributed by atoms with E-state index in [2.05, 4.69) is 53.4 Å². The first-order chi connectivity index (χ1) is 16.6. The molecule has 1 amide bonds. The predicted octanol–water partition coefficient (Wildman–Crippen LogP) is 4.59. The predicted molar refractivity (Wildman–Crippen MR) is 136 cm³/mol. The lowest BCUT2D eigenvalue weighted by molar-refractivity contribution is -0.133. The van der Waals surface area contributed by atoms with Crippen LogP contribution >= 0.6 is 11.6 Å². The third-order valence-electron chi connectivity index (χ3n) is 6.51. The van der Waals surface area contributed by atoms with Crippen molar-refractivity contribution in [3.8, 4) is 0 Å². The normalized spacial score (nSPS) is 14.6. The molecule has 2 heterocycles. The third kappa shape index (κ3) is 4.63. The second-order valence-corrected chi connectivity index (χ2v) is 9.05. The number of fused-ring (bicyclic) bond motifs is 1. The molecule has 1 aliphatic rings. The molecule has 34 heavy (non-hydrogen) atoms. The Morgan fingerprint density at radius 3 is 2.06 bits per heavy atom. The monoisotopic (exact) mass is 471 g/mol. The minimum absolute atomic E-state index is 0.0514. The largest absolute Gasteiger partial charge is 0.339 e. The van der Waals surface area contributed by atoms with E-state index in [9.17, 15) is 9.59 Å². The minimum Gasteiger partial charge on any atom is -0.339 e. The summed E-state index contributed by atoms with van der Waals surface area (Å²) in [7, 11) is 0. The van der Waals surface area contributed by atoms with Crippen molar-refractivity contribution in [1.82, 2.24) is 14.4 Å². The SMILES string of the molecule is O=C(Cn1ccc(=O)c2cc(Cl)ccc21)N1CCN(C(c2ccccc2)c2ccccc2)CC1. The fourth-order valence-corrected chi connectivity index (χ4v) is 4.95. The van der Waals surface area contributed by atoms with E-state index in [0.717, 1.165) is 18.6 Å². The molecule has 6 heteroatoms. The first kappa shape index (κ1) is 22.4. The Labute approximate surface area is 203 Å². The van der Waals surface area contributed by atoms with Crippen LogP contribution in [0.4, 0.5) is 0 Å². The van der Waals surface area contributed by atoms with Gasteiger partial charge in [0.05, 0.1) is 11.6 Å². The number of piperazine rings is 1. The molecule has 0 saturated carbocycles. The van der Waals surface area contributed by atoms with Crippen molar-refractivity contribution < 1.29 is 4.79 Å². The second-order valence-electron chi connectivity index (χ2n) is 8.61. The topological polar surface area (TPSA) is 45.6 Å². The number of hydrogen-bond acceptors (Lipinski definition) is 3. The zero-order valence-corrected chi connectivity index (χ0v) is 19.6. The summed E-state index contributed by atoms with van der Waals surface area (Å²) >= 11 is 6.07. The Morgan fingerprint density at radius 2 is 1.44 bits per heavy atom. The zero-order chi connectivity index (χ0) is 23.5. The van der Waals surface area contributed by atoms with Gasteiger partial charge < -0.3 is 9.47 Å². The molecule has 1 fully saturated rings. The van der Waals surface area contributed by atoms with Crippen LogP contribution in [-0.2, 0) is 11.3 Å². The Bertz CT molecular complexity index is 1310. The van der Waals surface area contributed by atoms with Gasteiger partial charge >= 0.3 is 0 Å². The molecule has 4 aromatic rings. The maximum atomic E-state index is 13.2. The van der Waals surface area contributed by atoms with Gasteiger partial charge in [0.25, 0.3) is 0 Å². The molecule has 0 N–H and O–H groups in total. The average Bonchev–Trinajstić information content (AvgIpc) is 2.88. The van der Waals surface area contributed by atoms with Gasteiger partial charge in [0.1, 0.15) is 6.54 Å². The summed E-state index contributed by atoms with van der Waals surface area (Å²) in [6, 6.07) is 27.9. The minimum atomic E-state index is -0.0947. The lowest BCUT2D eigenvalue weighted by Crippen LogP contribution is -2.50. The van der Waals surface area contributed by atoms with E-state index in [4.69, 9.17) is 11.6 Å². The molecule has 0 unspecified atom stereocenters. The second kappa shape index (κ2) is 9.84. The molecule has 0 atom stereocenters. The van der Waals surface area contributed by atoms with Crippen molar-refractivity contribution in [2.24, 2.45) is 0 Å². The lowest BCUT2D eigenvalue weighted by Gasteiger charge is -2.40. The number of hydrogen-bond donors (Lipinski definition) is 0. The van der Waals surface area contributed by atoms with Crippen molar-refractivity contribution in [2.75, 3.05) is 26.2 Å². The molecular formula is C28H26ClN3O2. The fraction of sp³-hybridized carbons (Fsp3) is 0.214. The van der Waals surface area contributed by atoms with E-state index in [-0.39, 0.29) is 23.9 Å². The Kier molecular flexibility index (Phi) is 6.48. The van der Waals surface area contributed by atoms with E-state index in [1.54, 1.807) is 24.4 Å². The summed E-state index contributed by atoms with van der Waals surface area (Å²) in [6.07, 6.45) is 1.69. The molecule has 0 aliphatic carbocycles. The number of halogens is 1. The summed E-state index contributed by atoms with van der Waals surface area (Å²) in [5.74, 6) is 0.0514. The van der Waals surface area contributed by atoms with Gasteiger partial charge in [-0.25, -0.2) is 0 Å². The quantitative estimate of drug-likeness (QED) is 0.427. The van der Waals surface area contributed by atoms with Gasteiger partial charge in [0.15, 0.2) is 5.43 Å². The maximum Gasteiger partial charge on any atom is 0.242 e. The van der Waals surface area contributed by atoms with Crippen LogP contribution in [0.2, 0.25) is 5.02 Å². The van der Waals surface area contributed by atoms with Crippen molar-refractivity contribution in [2.45, 2.75) is 12.6 Å². The van der Waals surface area contributed by atoms with Gasteiger partial charge in [-0.05, 0) is 29.3 Å². The number of benzene rings is 3. The molecule has 172 valence electrons. The first-order valence-corrected chi connectivity index (χ1v) is 11.9. The van der Waals surface area contributed by atoms with E-state index >= 15 is 0 Å². The van der Waals surface area contributed by atoms with Crippen LogP contribution in [0.15, 0.2) is 95.9 Å². The molecule has 5 nitrogen and oxygen atoms in total. The number of amides is 1. The maximum absolute atomic E-state index is 13.2. The summed E-state index contributed by atoms with van der Waals surface area (Å²) in [6.45, 7) is 3.11. The molecule has 0 bridgehead atoms. The van der Waals surface area contributed by atoms with Gasteiger partial charge in [-0.2, -0.15) is 0 Å². The highest BCUT2D eigenvalue weighted by molar-refractivity contribution is 6.31. The smallest absolute Gasteiger partial charge is 0.242 e. The highest BCUT2D eigenvalue weighted by Crippen LogP contribution is 2.29. The molecule has 3 aromatic carbocycles. The lowest BCUT2D eigenvalue weighted by atomic mass is 9.96. The van der Waals surface area contributed by atoms with E-state index < -0.39 is 0 Å².